The quantitative estimate of drug-likeness (QED) is 0.768. The molecule has 0 spiro atoms. The van der Waals surface area contributed by atoms with Gasteiger partial charge in [0.25, 0.3) is 0 Å². The van der Waals surface area contributed by atoms with Crippen molar-refractivity contribution in [2.24, 2.45) is 0 Å². The van der Waals surface area contributed by atoms with Gasteiger partial charge in [0, 0.05) is 31.5 Å². The lowest BCUT2D eigenvalue weighted by atomic mass is 10.3. The van der Waals surface area contributed by atoms with Crippen molar-refractivity contribution in [2.75, 3.05) is 13.1 Å². The van der Waals surface area contributed by atoms with Gasteiger partial charge in [0.2, 0.25) is 10.0 Å². The molecule has 0 bridgehead atoms. The molecule has 9 heteroatoms. The number of sulfonamides is 1. The number of nitrogens with one attached hydrogen (secondary N) is 1. The Kier molecular flexibility index (Phi) is 3.13. The van der Waals surface area contributed by atoms with Crippen LogP contribution in [0.15, 0.2) is 50.8 Å². The molecule has 3 aromatic rings. The van der Waals surface area contributed by atoms with Crippen molar-refractivity contribution >= 4 is 21.1 Å². The van der Waals surface area contributed by atoms with Gasteiger partial charge in [0.1, 0.15) is 0 Å². The molecule has 120 valence electrons. The molecule has 1 aliphatic rings. The Bertz CT molecular complexity index is 1000. The van der Waals surface area contributed by atoms with Gasteiger partial charge in [-0.05, 0) is 24.6 Å². The SMILES string of the molecule is O=c1[nH]c2ccc(S(=O)(=O)N3CCC(n4cccn4)C3)cc2o1. The fraction of sp³-hybridized carbons (Fsp3) is 0.286. The van der Waals surface area contributed by atoms with Crippen LogP contribution < -0.4 is 5.76 Å². The first-order valence-corrected chi connectivity index (χ1v) is 8.60. The number of benzene rings is 1. The number of aromatic amines is 1. The summed E-state index contributed by atoms with van der Waals surface area (Å²) in [6.45, 7) is 0.807. The predicted molar refractivity (Wildman–Crippen MR) is 81.5 cm³/mol. The fourth-order valence-corrected chi connectivity index (χ4v) is 4.38. The van der Waals surface area contributed by atoms with Crippen molar-refractivity contribution in [1.29, 1.82) is 0 Å². The number of H-pyrrole nitrogens is 1. The predicted octanol–water partition coefficient (Wildman–Crippen LogP) is 0.953. The summed E-state index contributed by atoms with van der Waals surface area (Å²) in [6, 6.07) is 6.25. The topological polar surface area (TPSA) is 101 Å². The number of hydrogen-bond donors (Lipinski definition) is 1. The van der Waals surface area contributed by atoms with E-state index in [4.69, 9.17) is 4.42 Å². The molecule has 2 aromatic heterocycles. The highest BCUT2D eigenvalue weighted by atomic mass is 32.2. The van der Waals surface area contributed by atoms with E-state index < -0.39 is 15.8 Å². The highest BCUT2D eigenvalue weighted by Crippen LogP contribution is 2.28. The first-order valence-electron chi connectivity index (χ1n) is 7.16. The molecule has 1 aliphatic heterocycles. The van der Waals surface area contributed by atoms with Crippen LogP contribution in [0.3, 0.4) is 0 Å². The van der Waals surface area contributed by atoms with Gasteiger partial charge in [-0.1, -0.05) is 0 Å². The zero-order chi connectivity index (χ0) is 16.0. The summed E-state index contributed by atoms with van der Waals surface area (Å²) in [5.74, 6) is -0.602. The standard InChI is InChI=1S/C14H14N4O4S/c19-14-16-12-3-2-11(8-13(12)22-14)23(20,21)17-7-4-10(9-17)18-6-1-5-15-18/h1-3,5-6,8,10H,4,7,9H2,(H,16,19). The third-order valence-electron chi connectivity index (χ3n) is 4.06. The smallest absolute Gasteiger partial charge is 0.408 e. The molecule has 1 saturated heterocycles. The maximum atomic E-state index is 12.8. The second-order valence-electron chi connectivity index (χ2n) is 5.46. The Morgan fingerprint density at radius 3 is 3.00 bits per heavy atom. The molecule has 0 aliphatic carbocycles. The van der Waals surface area contributed by atoms with E-state index in [1.807, 2.05) is 12.3 Å². The molecule has 1 aromatic carbocycles. The number of rotatable bonds is 3. The number of oxazole rings is 1. The molecule has 23 heavy (non-hydrogen) atoms. The van der Waals surface area contributed by atoms with E-state index in [1.54, 1.807) is 10.9 Å². The highest BCUT2D eigenvalue weighted by molar-refractivity contribution is 7.89. The number of fused-ring (bicyclic) bond motifs is 1. The molecular weight excluding hydrogens is 320 g/mol. The van der Waals surface area contributed by atoms with Crippen molar-refractivity contribution in [2.45, 2.75) is 17.4 Å². The van der Waals surface area contributed by atoms with E-state index in [-0.39, 0.29) is 16.5 Å². The van der Waals surface area contributed by atoms with Crippen LogP contribution in [0.25, 0.3) is 11.1 Å². The van der Waals surface area contributed by atoms with Crippen LogP contribution in [0.1, 0.15) is 12.5 Å². The summed E-state index contributed by atoms with van der Waals surface area (Å²) in [6.07, 6.45) is 4.22. The van der Waals surface area contributed by atoms with Crippen molar-refractivity contribution in [1.82, 2.24) is 19.1 Å². The molecule has 3 heterocycles. The lowest BCUT2D eigenvalue weighted by Gasteiger charge is -2.16. The van der Waals surface area contributed by atoms with Gasteiger partial charge in [0.05, 0.1) is 16.5 Å². The minimum Gasteiger partial charge on any atom is -0.408 e. The minimum atomic E-state index is -3.63. The lowest BCUT2D eigenvalue weighted by molar-refractivity contribution is 0.434. The molecule has 0 radical (unpaired) electrons. The first kappa shape index (κ1) is 14.2. The van der Waals surface area contributed by atoms with Gasteiger partial charge in [-0.15, -0.1) is 0 Å². The zero-order valence-electron chi connectivity index (χ0n) is 12.0. The Morgan fingerprint density at radius 1 is 1.35 bits per heavy atom. The molecule has 0 saturated carbocycles. The van der Waals surface area contributed by atoms with Crippen LogP contribution >= 0.6 is 0 Å². The minimum absolute atomic E-state index is 0.0358. The van der Waals surface area contributed by atoms with Gasteiger partial charge in [-0.25, -0.2) is 13.2 Å². The van der Waals surface area contributed by atoms with Gasteiger partial charge in [-0.3, -0.25) is 9.67 Å². The summed E-state index contributed by atoms with van der Waals surface area (Å²) < 4.78 is 33.7. The van der Waals surface area contributed by atoms with E-state index in [0.29, 0.717) is 25.0 Å². The summed E-state index contributed by atoms with van der Waals surface area (Å²) in [7, 11) is -3.63. The summed E-state index contributed by atoms with van der Waals surface area (Å²) in [4.78, 5) is 13.8. The fourth-order valence-electron chi connectivity index (χ4n) is 2.88. The number of hydrogen-bond acceptors (Lipinski definition) is 5. The molecule has 8 nitrogen and oxygen atoms in total. The summed E-state index contributed by atoms with van der Waals surface area (Å²) >= 11 is 0. The van der Waals surface area contributed by atoms with Crippen LogP contribution in [-0.2, 0) is 10.0 Å². The molecule has 0 amide bonds. The summed E-state index contributed by atoms with van der Waals surface area (Å²) in [5, 5.41) is 4.17. The van der Waals surface area contributed by atoms with E-state index in [0.717, 1.165) is 0 Å². The Hall–Kier alpha value is -2.39. The van der Waals surface area contributed by atoms with Gasteiger partial charge in [-0.2, -0.15) is 9.40 Å². The lowest BCUT2D eigenvalue weighted by Crippen LogP contribution is -2.29. The average molecular weight is 334 g/mol. The van der Waals surface area contributed by atoms with Crippen LogP contribution in [0, 0.1) is 0 Å². The van der Waals surface area contributed by atoms with Crippen molar-refractivity contribution in [3.63, 3.8) is 0 Å². The second-order valence-corrected chi connectivity index (χ2v) is 7.40. The molecule has 1 unspecified atom stereocenters. The monoisotopic (exact) mass is 334 g/mol. The van der Waals surface area contributed by atoms with E-state index in [9.17, 15) is 13.2 Å². The van der Waals surface area contributed by atoms with E-state index in [2.05, 4.69) is 10.1 Å². The van der Waals surface area contributed by atoms with E-state index >= 15 is 0 Å². The maximum absolute atomic E-state index is 12.8. The normalized spacial score (nSPS) is 19.6. The van der Waals surface area contributed by atoms with E-state index in [1.165, 1.54) is 22.5 Å². The van der Waals surface area contributed by atoms with Gasteiger partial charge in [0.15, 0.2) is 5.58 Å². The van der Waals surface area contributed by atoms with Crippen LogP contribution in [0.5, 0.6) is 0 Å². The Morgan fingerprint density at radius 2 is 2.22 bits per heavy atom. The van der Waals surface area contributed by atoms with Crippen molar-refractivity contribution < 1.29 is 12.8 Å². The van der Waals surface area contributed by atoms with Gasteiger partial charge < -0.3 is 4.42 Å². The van der Waals surface area contributed by atoms with Crippen LogP contribution in [0.2, 0.25) is 0 Å². The Labute approximate surface area is 131 Å². The average Bonchev–Trinajstić information content (AvgIpc) is 3.25. The highest BCUT2D eigenvalue weighted by Gasteiger charge is 2.33. The first-order chi connectivity index (χ1) is 11.0. The largest absolute Gasteiger partial charge is 0.417 e. The third-order valence-corrected chi connectivity index (χ3v) is 5.92. The van der Waals surface area contributed by atoms with Crippen LogP contribution in [-0.4, -0.2) is 40.6 Å². The number of nitrogens with zero attached hydrogens (tertiary/aromatic N) is 3. The van der Waals surface area contributed by atoms with Crippen molar-refractivity contribution in [3.05, 3.63) is 47.2 Å². The van der Waals surface area contributed by atoms with Crippen LogP contribution in [0.4, 0.5) is 0 Å². The van der Waals surface area contributed by atoms with Gasteiger partial charge >= 0.3 is 5.76 Å². The maximum Gasteiger partial charge on any atom is 0.417 e. The second kappa shape index (κ2) is 5.07. The molecule has 1 atom stereocenters. The summed E-state index contributed by atoms with van der Waals surface area (Å²) in [5.41, 5.74) is 0.712. The molecular formula is C14H14N4O4S. The number of aromatic nitrogens is 3. The van der Waals surface area contributed by atoms with Crippen molar-refractivity contribution in [3.8, 4) is 0 Å². The zero-order valence-corrected chi connectivity index (χ0v) is 12.9. The molecule has 1 N–H and O–H groups in total. The molecule has 4 rings (SSSR count). The third kappa shape index (κ3) is 2.37. The Balaban J connectivity index is 1.65. The molecule has 1 fully saturated rings.